The molecule has 1 saturated heterocycles. The molecule has 1 fully saturated rings. The first-order valence-corrected chi connectivity index (χ1v) is 11.0. The lowest BCUT2D eigenvalue weighted by atomic mass is 10.2. The number of benzene rings is 3. The quantitative estimate of drug-likeness (QED) is 0.601. The molecule has 0 saturated carbocycles. The zero-order chi connectivity index (χ0) is 20.6. The van der Waals surface area contributed by atoms with Crippen LogP contribution in [0.5, 0.6) is 11.5 Å². The summed E-state index contributed by atoms with van der Waals surface area (Å²) in [7, 11) is 0. The Labute approximate surface area is 184 Å². The predicted octanol–water partition coefficient (Wildman–Crippen LogP) is 3.13. The number of piperazine rings is 1. The van der Waals surface area contributed by atoms with Crippen LogP contribution in [0, 0.1) is 0 Å². The van der Waals surface area contributed by atoms with Gasteiger partial charge in [0.15, 0.2) is 0 Å². The lowest BCUT2D eigenvalue weighted by Gasteiger charge is -2.29. The van der Waals surface area contributed by atoms with Gasteiger partial charge in [0.1, 0.15) is 44.2 Å². The third kappa shape index (κ3) is 6.20. The van der Waals surface area contributed by atoms with E-state index in [1.165, 1.54) is 37.3 Å². The summed E-state index contributed by atoms with van der Waals surface area (Å²) in [6.07, 6.45) is 4.55. The molecular weight excluding hydrogens is 392 g/mol. The second-order valence-corrected chi connectivity index (χ2v) is 8.33. The van der Waals surface area contributed by atoms with Crippen molar-refractivity contribution in [2.24, 2.45) is 0 Å². The molecule has 154 valence electrons. The van der Waals surface area contributed by atoms with Crippen LogP contribution in [0.4, 0.5) is 0 Å². The Morgan fingerprint density at radius 1 is 0.767 bits per heavy atom. The molecule has 0 aromatic heterocycles. The van der Waals surface area contributed by atoms with Gasteiger partial charge in [-0.05, 0) is 48.0 Å². The Morgan fingerprint density at radius 2 is 1.50 bits per heavy atom. The van der Waals surface area contributed by atoms with Crippen molar-refractivity contribution < 1.29 is 14.5 Å². The van der Waals surface area contributed by atoms with Gasteiger partial charge in [-0.25, -0.2) is 0 Å². The summed E-state index contributed by atoms with van der Waals surface area (Å²) >= 11 is 5.95. The molecule has 3 aromatic rings. The Balaban J connectivity index is 1.25. The van der Waals surface area contributed by atoms with E-state index in [0.29, 0.717) is 0 Å². The highest BCUT2D eigenvalue weighted by Crippen LogP contribution is 2.23. The van der Waals surface area contributed by atoms with Gasteiger partial charge in [0.25, 0.3) is 0 Å². The summed E-state index contributed by atoms with van der Waals surface area (Å²) in [5, 5.41) is 0.719. The summed E-state index contributed by atoms with van der Waals surface area (Å²) in [5.74, 6) is 1.69. The van der Waals surface area contributed by atoms with E-state index in [0.717, 1.165) is 29.6 Å². The Bertz CT molecular complexity index is 948. The number of ether oxygens (including phenoxy) is 1. The highest BCUT2D eigenvalue weighted by Gasteiger charge is 2.22. The van der Waals surface area contributed by atoms with Crippen LogP contribution < -0.4 is 14.5 Å². The standard InChI is InChI=1S/C26H27ClN2O/c27-24-11-13-25(14-12-24)30-26-10-4-8-23(20-26)21-29-18-16-28(17-19-29)15-5-9-22-6-2-1-3-7-22/h1-14,20H,15-19,21H2/p+2/b9-5+. The van der Waals surface area contributed by atoms with Gasteiger partial charge in [-0.1, -0.05) is 60.1 Å². The summed E-state index contributed by atoms with van der Waals surface area (Å²) in [6, 6.07) is 26.5. The SMILES string of the molecule is Clc1ccc(Oc2cccc(C[NH+]3CC[NH+](C/C=C/c4ccccc4)CC3)c2)cc1. The van der Waals surface area contributed by atoms with Gasteiger partial charge in [-0.2, -0.15) is 0 Å². The van der Waals surface area contributed by atoms with Gasteiger partial charge in [0.05, 0.1) is 6.54 Å². The molecule has 4 rings (SSSR count). The van der Waals surface area contributed by atoms with E-state index < -0.39 is 0 Å². The molecule has 2 N–H and O–H groups in total. The molecule has 0 aliphatic carbocycles. The third-order valence-corrected chi connectivity index (χ3v) is 5.83. The molecule has 0 amide bonds. The number of rotatable bonds is 7. The van der Waals surface area contributed by atoms with E-state index >= 15 is 0 Å². The van der Waals surface area contributed by atoms with Gasteiger partial charge in [0.2, 0.25) is 0 Å². The van der Waals surface area contributed by atoms with E-state index in [2.05, 4.69) is 60.7 Å². The zero-order valence-corrected chi connectivity index (χ0v) is 17.9. The van der Waals surface area contributed by atoms with Crippen molar-refractivity contribution in [1.82, 2.24) is 0 Å². The first kappa shape index (κ1) is 20.7. The zero-order valence-electron chi connectivity index (χ0n) is 17.2. The van der Waals surface area contributed by atoms with Crippen LogP contribution >= 0.6 is 11.6 Å². The van der Waals surface area contributed by atoms with Crippen LogP contribution in [0.2, 0.25) is 5.02 Å². The van der Waals surface area contributed by atoms with E-state index in [1.807, 2.05) is 30.3 Å². The molecule has 1 heterocycles. The van der Waals surface area contributed by atoms with Crippen molar-refractivity contribution in [2.75, 3.05) is 32.7 Å². The second kappa shape index (κ2) is 10.4. The highest BCUT2D eigenvalue weighted by atomic mass is 35.5. The molecule has 1 aliphatic rings. The molecule has 3 aromatic carbocycles. The van der Waals surface area contributed by atoms with Crippen LogP contribution in [-0.2, 0) is 6.54 Å². The average Bonchev–Trinajstić information content (AvgIpc) is 2.78. The first-order valence-electron chi connectivity index (χ1n) is 10.7. The molecule has 1 aliphatic heterocycles. The normalized spacial score (nSPS) is 19.1. The molecule has 0 radical (unpaired) electrons. The van der Waals surface area contributed by atoms with Crippen molar-refractivity contribution in [3.63, 3.8) is 0 Å². The molecule has 3 nitrogen and oxygen atoms in total. The number of hydrogen-bond donors (Lipinski definition) is 2. The molecule has 0 bridgehead atoms. The first-order chi connectivity index (χ1) is 14.7. The van der Waals surface area contributed by atoms with E-state index in [-0.39, 0.29) is 0 Å². The minimum Gasteiger partial charge on any atom is -0.457 e. The second-order valence-electron chi connectivity index (χ2n) is 7.90. The molecule has 0 unspecified atom stereocenters. The molecular formula is C26H29ClN2O+2. The lowest BCUT2D eigenvalue weighted by molar-refractivity contribution is -1.02. The molecule has 4 heteroatoms. The Kier molecular flexibility index (Phi) is 7.20. The van der Waals surface area contributed by atoms with Gasteiger partial charge < -0.3 is 14.5 Å². The van der Waals surface area contributed by atoms with Crippen LogP contribution in [0.1, 0.15) is 11.1 Å². The van der Waals surface area contributed by atoms with E-state index in [9.17, 15) is 0 Å². The van der Waals surface area contributed by atoms with Crippen molar-refractivity contribution in [1.29, 1.82) is 0 Å². The number of hydrogen-bond acceptors (Lipinski definition) is 1. The lowest BCUT2D eigenvalue weighted by Crippen LogP contribution is -3.27. The van der Waals surface area contributed by atoms with Gasteiger partial charge in [-0.15, -0.1) is 0 Å². The summed E-state index contributed by atoms with van der Waals surface area (Å²) in [4.78, 5) is 3.32. The van der Waals surface area contributed by atoms with Gasteiger partial charge in [-0.3, -0.25) is 0 Å². The molecule has 0 spiro atoms. The minimum absolute atomic E-state index is 0.719. The topological polar surface area (TPSA) is 18.1 Å². The van der Waals surface area contributed by atoms with Crippen LogP contribution in [0.15, 0.2) is 84.9 Å². The summed E-state index contributed by atoms with van der Waals surface area (Å²) < 4.78 is 5.98. The average molecular weight is 421 g/mol. The number of nitrogens with one attached hydrogen (secondary N) is 2. The van der Waals surface area contributed by atoms with Crippen molar-refractivity contribution in [3.05, 3.63) is 101 Å². The highest BCUT2D eigenvalue weighted by molar-refractivity contribution is 6.30. The van der Waals surface area contributed by atoms with Crippen LogP contribution in [0.3, 0.4) is 0 Å². The minimum atomic E-state index is 0.719. The maximum Gasteiger partial charge on any atom is 0.127 e. The van der Waals surface area contributed by atoms with Gasteiger partial charge in [0, 0.05) is 10.6 Å². The van der Waals surface area contributed by atoms with Crippen LogP contribution in [-0.4, -0.2) is 32.7 Å². The predicted molar refractivity (Wildman–Crippen MR) is 123 cm³/mol. The fraction of sp³-hybridized carbons (Fsp3) is 0.231. The number of halogens is 1. The van der Waals surface area contributed by atoms with Crippen molar-refractivity contribution >= 4 is 17.7 Å². The maximum atomic E-state index is 5.98. The van der Waals surface area contributed by atoms with E-state index in [1.54, 1.807) is 9.80 Å². The van der Waals surface area contributed by atoms with E-state index in [4.69, 9.17) is 16.3 Å². The molecule has 0 atom stereocenters. The third-order valence-electron chi connectivity index (χ3n) is 5.58. The number of quaternary nitrogens is 2. The fourth-order valence-corrected chi connectivity index (χ4v) is 4.04. The van der Waals surface area contributed by atoms with Crippen molar-refractivity contribution in [3.8, 4) is 11.5 Å². The monoisotopic (exact) mass is 420 g/mol. The Hall–Kier alpha value is -2.59. The van der Waals surface area contributed by atoms with Crippen LogP contribution in [0.25, 0.3) is 6.08 Å². The maximum absolute atomic E-state index is 5.98. The largest absolute Gasteiger partial charge is 0.457 e. The van der Waals surface area contributed by atoms with Crippen molar-refractivity contribution in [2.45, 2.75) is 6.54 Å². The smallest absolute Gasteiger partial charge is 0.127 e. The summed E-state index contributed by atoms with van der Waals surface area (Å²) in [6.45, 7) is 7.00. The Morgan fingerprint density at radius 3 is 2.27 bits per heavy atom. The van der Waals surface area contributed by atoms with Gasteiger partial charge >= 0.3 is 0 Å². The summed E-state index contributed by atoms with van der Waals surface area (Å²) in [5.41, 5.74) is 2.60. The molecule has 30 heavy (non-hydrogen) atoms. The fourth-order valence-electron chi connectivity index (χ4n) is 3.91.